The lowest BCUT2D eigenvalue weighted by Crippen LogP contribution is -2.29. The van der Waals surface area contributed by atoms with Gasteiger partial charge in [-0.3, -0.25) is 9.88 Å². The maximum atomic E-state index is 8.97. The van der Waals surface area contributed by atoms with Gasteiger partial charge in [-0.25, -0.2) is 4.98 Å². The van der Waals surface area contributed by atoms with Crippen LogP contribution in [0.2, 0.25) is 0 Å². The molecule has 0 fully saturated rings. The smallest absolute Gasteiger partial charge is 0.142 e. The second kappa shape index (κ2) is 7.30. The minimum absolute atomic E-state index is 0.0806. The zero-order valence-electron chi connectivity index (χ0n) is 10.6. The number of rotatable bonds is 7. The van der Waals surface area contributed by atoms with Crippen LogP contribution < -0.4 is 0 Å². The van der Waals surface area contributed by atoms with Gasteiger partial charge in [-0.1, -0.05) is 6.07 Å². The molecule has 2 aromatic heterocycles. The fraction of sp³-hybridized carbons (Fsp3) is 0.385. The third-order valence-corrected chi connectivity index (χ3v) is 3.57. The summed E-state index contributed by atoms with van der Waals surface area (Å²) in [6.07, 6.45) is 1.75. The molecule has 0 amide bonds. The lowest BCUT2D eigenvalue weighted by atomic mass is 10.3. The first-order valence-corrected chi connectivity index (χ1v) is 7.01. The van der Waals surface area contributed by atoms with Gasteiger partial charge in [0.05, 0.1) is 24.6 Å². The highest BCUT2D eigenvalue weighted by Gasteiger charge is 2.09. The molecule has 102 valence electrons. The number of aliphatic hydroxyl groups excluding tert-OH is 2. The van der Waals surface area contributed by atoms with E-state index < -0.39 is 0 Å². The Balaban J connectivity index is 2.04. The molecule has 0 saturated heterocycles. The van der Waals surface area contributed by atoms with Crippen molar-refractivity contribution in [3.8, 4) is 10.7 Å². The summed E-state index contributed by atoms with van der Waals surface area (Å²) in [4.78, 5) is 10.8. The Bertz CT molecular complexity index is 484. The Morgan fingerprint density at radius 1 is 1.16 bits per heavy atom. The summed E-state index contributed by atoms with van der Waals surface area (Å²) in [6.45, 7) is 1.87. The van der Waals surface area contributed by atoms with Crippen molar-refractivity contribution in [3.63, 3.8) is 0 Å². The second-order valence-corrected chi connectivity index (χ2v) is 4.94. The molecular formula is C13H17N3O2S. The van der Waals surface area contributed by atoms with Gasteiger partial charge < -0.3 is 10.2 Å². The summed E-state index contributed by atoms with van der Waals surface area (Å²) in [7, 11) is 0. The maximum absolute atomic E-state index is 8.97. The Morgan fingerprint density at radius 3 is 2.58 bits per heavy atom. The average Bonchev–Trinajstić information content (AvgIpc) is 2.89. The van der Waals surface area contributed by atoms with E-state index in [1.165, 1.54) is 0 Å². The molecule has 0 aromatic carbocycles. The van der Waals surface area contributed by atoms with Crippen LogP contribution in [0.3, 0.4) is 0 Å². The second-order valence-electron chi connectivity index (χ2n) is 4.08. The van der Waals surface area contributed by atoms with Crippen LogP contribution in [-0.4, -0.2) is 51.4 Å². The van der Waals surface area contributed by atoms with Crippen molar-refractivity contribution in [1.82, 2.24) is 14.9 Å². The molecule has 5 nitrogen and oxygen atoms in total. The predicted molar refractivity (Wildman–Crippen MR) is 74.8 cm³/mol. The third-order valence-electron chi connectivity index (χ3n) is 2.65. The molecule has 0 unspecified atom stereocenters. The van der Waals surface area contributed by atoms with E-state index in [0.29, 0.717) is 19.6 Å². The van der Waals surface area contributed by atoms with Crippen molar-refractivity contribution >= 4 is 11.3 Å². The van der Waals surface area contributed by atoms with Crippen LogP contribution in [0.15, 0.2) is 29.8 Å². The van der Waals surface area contributed by atoms with Gasteiger partial charge >= 0.3 is 0 Å². The maximum Gasteiger partial charge on any atom is 0.142 e. The number of aliphatic hydroxyl groups is 2. The van der Waals surface area contributed by atoms with Gasteiger partial charge in [0.15, 0.2) is 0 Å². The molecule has 2 heterocycles. The molecule has 0 radical (unpaired) electrons. The molecule has 0 aliphatic carbocycles. The van der Waals surface area contributed by atoms with E-state index in [-0.39, 0.29) is 13.2 Å². The van der Waals surface area contributed by atoms with Crippen LogP contribution in [-0.2, 0) is 6.54 Å². The minimum Gasteiger partial charge on any atom is -0.395 e. The van der Waals surface area contributed by atoms with E-state index in [2.05, 4.69) is 9.97 Å². The van der Waals surface area contributed by atoms with Crippen LogP contribution in [0, 0.1) is 0 Å². The number of pyridine rings is 1. The number of hydrogen-bond acceptors (Lipinski definition) is 6. The minimum atomic E-state index is 0.0806. The van der Waals surface area contributed by atoms with Crippen LogP contribution in [0.5, 0.6) is 0 Å². The molecular weight excluding hydrogens is 262 g/mol. The molecule has 0 bridgehead atoms. The summed E-state index contributed by atoms with van der Waals surface area (Å²) in [5, 5.41) is 20.8. The van der Waals surface area contributed by atoms with Gasteiger partial charge in [0.2, 0.25) is 0 Å². The Morgan fingerprint density at radius 2 is 1.95 bits per heavy atom. The van der Waals surface area contributed by atoms with Gasteiger partial charge in [-0.05, 0) is 12.1 Å². The molecule has 0 aliphatic heterocycles. The molecule has 6 heteroatoms. The standard InChI is InChI=1S/C13H17N3O2S/c17-7-5-16(6-8-18)9-11-10-19-13(15-11)12-3-1-2-4-14-12/h1-4,10,17-18H,5-9H2. The molecule has 0 aliphatic rings. The summed E-state index contributed by atoms with van der Waals surface area (Å²) < 4.78 is 0. The van der Waals surface area contributed by atoms with Gasteiger partial charge in [0.1, 0.15) is 5.01 Å². The Hall–Kier alpha value is -1.34. The van der Waals surface area contributed by atoms with Crippen molar-refractivity contribution in [2.24, 2.45) is 0 Å². The molecule has 0 saturated carbocycles. The van der Waals surface area contributed by atoms with Crippen LogP contribution in [0.4, 0.5) is 0 Å². The molecule has 2 N–H and O–H groups in total. The van der Waals surface area contributed by atoms with Crippen molar-refractivity contribution in [2.75, 3.05) is 26.3 Å². The van der Waals surface area contributed by atoms with Crippen molar-refractivity contribution in [3.05, 3.63) is 35.5 Å². The lowest BCUT2D eigenvalue weighted by molar-refractivity contribution is 0.155. The number of nitrogens with zero attached hydrogens (tertiary/aromatic N) is 3. The largest absolute Gasteiger partial charge is 0.395 e. The predicted octanol–water partition coefficient (Wildman–Crippen LogP) is 0.992. The molecule has 0 spiro atoms. The Kier molecular flexibility index (Phi) is 5.41. The van der Waals surface area contributed by atoms with Crippen molar-refractivity contribution in [2.45, 2.75) is 6.54 Å². The van der Waals surface area contributed by atoms with Crippen molar-refractivity contribution < 1.29 is 10.2 Å². The highest BCUT2D eigenvalue weighted by atomic mass is 32.1. The van der Waals surface area contributed by atoms with E-state index in [4.69, 9.17) is 10.2 Å². The van der Waals surface area contributed by atoms with Crippen LogP contribution >= 0.6 is 11.3 Å². The lowest BCUT2D eigenvalue weighted by Gasteiger charge is -2.18. The zero-order chi connectivity index (χ0) is 13.5. The normalized spacial score (nSPS) is 11.1. The van der Waals surface area contributed by atoms with Crippen LogP contribution in [0.25, 0.3) is 10.7 Å². The van der Waals surface area contributed by atoms with Gasteiger partial charge in [-0.15, -0.1) is 11.3 Å². The van der Waals surface area contributed by atoms with E-state index in [1.807, 2.05) is 28.5 Å². The summed E-state index contributed by atoms with van der Waals surface area (Å²) in [5.41, 5.74) is 1.81. The highest BCUT2D eigenvalue weighted by molar-refractivity contribution is 7.13. The van der Waals surface area contributed by atoms with E-state index in [0.717, 1.165) is 16.4 Å². The zero-order valence-corrected chi connectivity index (χ0v) is 11.4. The first-order valence-electron chi connectivity index (χ1n) is 6.13. The first-order chi connectivity index (χ1) is 9.33. The van der Waals surface area contributed by atoms with E-state index in [1.54, 1.807) is 17.5 Å². The third kappa shape index (κ3) is 4.07. The summed E-state index contributed by atoms with van der Waals surface area (Å²) >= 11 is 1.56. The highest BCUT2D eigenvalue weighted by Crippen LogP contribution is 2.21. The fourth-order valence-corrected chi connectivity index (χ4v) is 2.55. The first kappa shape index (κ1) is 14.1. The number of thiazole rings is 1. The summed E-state index contributed by atoms with van der Waals surface area (Å²) in [6, 6.07) is 5.75. The fourth-order valence-electron chi connectivity index (χ4n) is 1.77. The number of hydrogen-bond donors (Lipinski definition) is 2. The molecule has 19 heavy (non-hydrogen) atoms. The molecule has 2 aromatic rings. The SMILES string of the molecule is OCCN(CCO)Cc1csc(-c2ccccn2)n1. The van der Waals surface area contributed by atoms with Gasteiger partial charge in [-0.2, -0.15) is 0 Å². The average molecular weight is 279 g/mol. The van der Waals surface area contributed by atoms with Gasteiger partial charge in [0, 0.05) is 31.2 Å². The summed E-state index contributed by atoms with van der Waals surface area (Å²) in [5.74, 6) is 0. The van der Waals surface area contributed by atoms with Crippen molar-refractivity contribution in [1.29, 1.82) is 0 Å². The van der Waals surface area contributed by atoms with E-state index >= 15 is 0 Å². The topological polar surface area (TPSA) is 69.5 Å². The Labute approximate surface area is 116 Å². The van der Waals surface area contributed by atoms with E-state index in [9.17, 15) is 0 Å². The molecule has 0 atom stereocenters. The molecule has 2 rings (SSSR count). The quantitative estimate of drug-likeness (QED) is 0.791. The monoisotopic (exact) mass is 279 g/mol. The van der Waals surface area contributed by atoms with Crippen LogP contribution in [0.1, 0.15) is 5.69 Å². The van der Waals surface area contributed by atoms with Gasteiger partial charge in [0.25, 0.3) is 0 Å². The number of aromatic nitrogens is 2.